The first-order valence-electron chi connectivity index (χ1n) is 11.0. The van der Waals surface area contributed by atoms with Crippen LogP contribution < -0.4 is 0 Å². The van der Waals surface area contributed by atoms with E-state index in [1.54, 1.807) is 0 Å². The quantitative estimate of drug-likeness (QED) is 0.331. The second-order valence-corrected chi connectivity index (χ2v) is 7.84. The van der Waals surface area contributed by atoms with Crippen LogP contribution in [-0.4, -0.2) is 30.4 Å². The first-order valence-corrected chi connectivity index (χ1v) is 11.0. The fourth-order valence-corrected chi connectivity index (χ4v) is 4.05. The third-order valence-corrected chi connectivity index (χ3v) is 5.69. The van der Waals surface area contributed by atoms with Crippen molar-refractivity contribution in [3.05, 3.63) is 109 Å². The molecule has 2 aromatic heterocycles. The van der Waals surface area contributed by atoms with E-state index in [9.17, 15) is 0 Å². The van der Waals surface area contributed by atoms with Crippen LogP contribution in [0.1, 0.15) is 0 Å². The molecule has 0 aliphatic rings. The molecule has 6 heteroatoms. The molecule has 4 aromatic carbocycles. The Labute approximate surface area is 196 Å². The number of rotatable bonds is 5. The molecule has 6 nitrogen and oxygen atoms in total. The van der Waals surface area contributed by atoms with Gasteiger partial charge in [0.2, 0.25) is 0 Å². The molecule has 0 unspecified atom stereocenters. The SMILES string of the molecule is c1ccc(-c2n[nH]c(-c3ccccc3-c3ccccc3-c3nc(-c4ccccc4)n[nH]3)n2)cc1. The summed E-state index contributed by atoms with van der Waals surface area (Å²) >= 11 is 0. The van der Waals surface area contributed by atoms with Crippen molar-refractivity contribution in [3.63, 3.8) is 0 Å². The van der Waals surface area contributed by atoms with Crippen molar-refractivity contribution < 1.29 is 0 Å². The summed E-state index contributed by atoms with van der Waals surface area (Å²) in [7, 11) is 0. The molecule has 0 fully saturated rings. The third-order valence-electron chi connectivity index (χ3n) is 5.69. The van der Waals surface area contributed by atoms with Gasteiger partial charge < -0.3 is 0 Å². The molecule has 0 spiro atoms. The normalized spacial score (nSPS) is 10.9. The summed E-state index contributed by atoms with van der Waals surface area (Å²) in [6, 6.07) is 36.3. The van der Waals surface area contributed by atoms with Crippen molar-refractivity contribution >= 4 is 0 Å². The molecule has 0 atom stereocenters. The zero-order valence-corrected chi connectivity index (χ0v) is 18.2. The van der Waals surface area contributed by atoms with Crippen LogP contribution in [0.4, 0.5) is 0 Å². The van der Waals surface area contributed by atoms with Crippen LogP contribution in [0.5, 0.6) is 0 Å². The summed E-state index contributed by atoms with van der Waals surface area (Å²) < 4.78 is 0. The summed E-state index contributed by atoms with van der Waals surface area (Å²) in [6.07, 6.45) is 0. The number of nitrogens with zero attached hydrogens (tertiary/aromatic N) is 4. The highest BCUT2D eigenvalue weighted by molar-refractivity contribution is 5.89. The maximum Gasteiger partial charge on any atom is 0.181 e. The van der Waals surface area contributed by atoms with Gasteiger partial charge in [0.05, 0.1) is 0 Å². The van der Waals surface area contributed by atoms with E-state index in [1.165, 1.54) is 0 Å². The minimum atomic E-state index is 0.668. The number of nitrogens with one attached hydrogen (secondary N) is 2. The molecule has 6 rings (SSSR count). The fraction of sp³-hybridized carbons (Fsp3) is 0. The first-order chi connectivity index (χ1) is 16.9. The van der Waals surface area contributed by atoms with Crippen molar-refractivity contribution in [2.24, 2.45) is 0 Å². The molecule has 2 heterocycles. The molecule has 0 bridgehead atoms. The van der Waals surface area contributed by atoms with Crippen LogP contribution in [0.25, 0.3) is 56.7 Å². The van der Waals surface area contributed by atoms with Crippen molar-refractivity contribution in [2.75, 3.05) is 0 Å². The number of H-pyrrole nitrogens is 2. The number of aromatic amines is 2. The topological polar surface area (TPSA) is 83.1 Å². The van der Waals surface area contributed by atoms with Gasteiger partial charge in [0.1, 0.15) is 0 Å². The largest absolute Gasteiger partial charge is 0.259 e. The van der Waals surface area contributed by atoms with Gasteiger partial charge in [-0.3, -0.25) is 10.2 Å². The highest BCUT2D eigenvalue weighted by Crippen LogP contribution is 2.36. The fourth-order valence-electron chi connectivity index (χ4n) is 4.05. The Hall–Kier alpha value is -4.84. The predicted molar refractivity (Wildman–Crippen MR) is 134 cm³/mol. The second-order valence-electron chi connectivity index (χ2n) is 7.84. The van der Waals surface area contributed by atoms with Crippen LogP contribution >= 0.6 is 0 Å². The van der Waals surface area contributed by atoms with Gasteiger partial charge in [-0.15, -0.1) is 0 Å². The van der Waals surface area contributed by atoms with Gasteiger partial charge in [0, 0.05) is 22.3 Å². The van der Waals surface area contributed by atoms with E-state index in [-0.39, 0.29) is 0 Å². The third kappa shape index (κ3) is 3.67. The Morgan fingerprint density at radius 3 is 1.15 bits per heavy atom. The smallest absolute Gasteiger partial charge is 0.181 e. The Bertz CT molecular complexity index is 1430. The van der Waals surface area contributed by atoms with Gasteiger partial charge in [-0.1, -0.05) is 109 Å². The van der Waals surface area contributed by atoms with Crippen LogP contribution in [0.2, 0.25) is 0 Å². The van der Waals surface area contributed by atoms with Crippen molar-refractivity contribution in [3.8, 4) is 56.7 Å². The van der Waals surface area contributed by atoms with Crippen molar-refractivity contribution in [1.82, 2.24) is 30.4 Å². The Kier molecular flexibility index (Phi) is 5.01. The highest BCUT2D eigenvalue weighted by atomic mass is 15.2. The van der Waals surface area contributed by atoms with Crippen LogP contribution in [0.15, 0.2) is 109 Å². The molecular weight excluding hydrogens is 420 g/mol. The van der Waals surface area contributed by atoms with E-state index in [2.05, 4.69) is 44.7 Å². The summed E-state index contributed by atoms with van der Waals surface area (Å²) in [4.78, 5) is 9.56. The van der Waals surface area contributed by atoms with E-state index >= 15 is 0 Å². The highest BCUT2D eigenvalue weighted by Gasteiger charge is 2.17. The monoisotopic (exact) mass is 440 g/mol. The summed E-state index contributed by atoms with van der Waals surface area (Å²) in [5, 5.41) is 15.1. The molecular formula is C28H20N6. The molecule has 2 N–H and O–H groups in total. The number of benzene rings is 4. The van der Waals surface area contributed by atoms with E-state index in [0.29, 0.717) is 23.3 Å². The molecule has 0 aliphatic heterocycles. The Balaban J connectivity index is 1.43. The van der Waals surface area contributed by atoms with Gasteiger partial charge in [-0.2, -0.15) is 10.2 Å². The Morgan fingerprint density at radius 2 is 0.735 bits per heavy atom. The average molecular weight is 441 g/mol. The first kappa shape index (κ1) is 19.8. The molecule has 0 amide bonds. The lowest BCUT2D eigenvalue weighted by molar-refractivity contribution is 1.10. The van der Waals surface area contributed by atoms with Crippen molar-refractivity contribution in [2.45, 2.75) is 0 Å². The lowest BCUT2D eigenvalue weighted by Gasteiger charge is -2.11. The van der Waals surface area contributed by atoms with Gasteiger partial charge >= 0.3 is 0 Å². The minimum absolute atomic E-state index is 0.668. The van der Waals surface area contributed by atoms with Gasteiger partial charge in [0.15, 0.2) is 23.3 Å². The standard InChI is InChI=1S/C28H20N6/c1-3-11-19(12-4-1)25-29-27(33-31-25)23-17-9-7-15-21(23)22-16-8-10-18-24(22)28-30-26(32-34-28)20-13-5-2-6-14-20/h1-18H,(H,29,31,33)(H,30,32,34). The summed E-state index contributed by atoms with van der Waals surface area (Å²) in [6.45, 7) is 0. The van der Waals surface area contributed by atoms with E-state index in [4.69, 9.17) is 9.97 Å². The maximum absolute atomic E-state index is 4.78. The molecule has 0 saturated heterocycles. The predicted octanol–water partition coefficient (Wildman–Crippen LogP) is 6.26. The number of hydrogen-bond acceptors (Lipinski definition) is 4. The summed E-state index contributed by atoms with van der Waals surface area (Å²) in [5.41, 5.74) is 5.94. The maximum atomic E-state index is 4.78. The molecule has 0 saturated carbocycles. The molecule has 34 heavy (non-hydrogen) atoms. The van der Waals surface area contributed by atoms with Crippen LogP contribution in [-0.2, 0) is 0 Å². The van der Waals surface area contributed by atoms with E-state index in [0.717, 1.165) is 33.4 Å². The number of hydrogen-bond donors (Lipinski definition) is 2. The van der Waals surface area contributed by atoms with E-state index < -0.39 is 0 Å². The van der Waals surface area contributed by atoms with E-state index in [1.807, 2.05) is 84.9 Å². The molecule has 0 radical (unpaired) electrons. The summed E-state index contributed by atoms with van der Waals surface area (Å²) in [5.74, 6) is 2.77. The van der Waals surface area contributed by atoms with Crippen molar-refractivity contribution in [1.29, 1.82) is 0 Å². The lowest BCUT2D eigenvalue weighted by Crippen LogP contribution is -1.91. The molecule has 6 aromatic rings. The van der Waals surface area contributed by atoms with Crippen LogP contribution in [0.3, 0.4) is 0 Å². The van der Waals surface area contributed by atoms with Gasteiger partial charge in [-0.05, 0) is 11.1 Å². The van der Waals surface area contributed by atoms with Gasteiger partial charge in [-0.25, -0.2) is 9.97 Å². The van der Waals surface area contributed by atoms with Crippen LogP contribution in [0, 0.1) is 0 Å². The zero-order valence-electron chi connectivity index (χ0n) is 18.2. The van der Waals surface area contributed by atoms with Gasteiger partial charge in [0.25, 0.3) is 0 Å². The second kappa shape index (κ2) is 8.60. The molecule has 162 valence electrons. The minimum Gasteiger partial charge on any atom is -0.259 e. The Morgan fingerprint density at radius 1 is 0.382 bits per heavy atom. The number of aromatic nitrogens is 6. The average Bonchev–Trinajstić information content (AvgIpc) is 3.61. The zero-order chi connectivity index (χ0) is 22.7. The molecule has 0 aliphatic carbocycles. The lowest BCUT2D eigenvalue weighted by atomic mass is 9.94.